The monoisotopic (exact) mass is 363 g/mol. The van der Waals surface area contributed by atoms with Crippen LogP contribution < -0.4 is 19.5 Å². The Kier molecular flexibility index (Phi) is 6.95. The lowest BCUT2D eigenvalue weighted by atomic mass is 10.0. The molecule has 2 aromatic rings. The van der Waals surface area contributed by atoms with Crippen LogP contribution in [0.25, 0.3) is 0 Å². The van der Waals surface area contributed by atoms with Gasteiger partial charge in [-0.1, -0.05) is 24.6 Å². The van der Waals surface area contributed by atoms with Crippen LogP contribution in [0.5, 0.6) is 17.2 Å². The van der Waals surface area contributed by atoms with Crippen molar-refractivity contribution in [2.75, 3.05) is 20.8 Å². The van der Waals surface area contributed by atoms with Crippen molar-refractivity contribution in [3.8, 4) is 17.2 Å². The van der Waals surface area contributed by atoms with Gasteiger partial charge < -0.3 is 19.5 Å². The molecule has 0 saturated carbocycles. The minimum Gasteiger partial charge on any atom is -0.493 e. The van der Waals surface area contributed by atoms with E-state index in [2.05, 4.69) is 5.32 Å². The van der Waals surface area contributed by atoms with Gasteiger partial charge >= 0.3 is 0 Å². The molecule has 0 heterocycles. The first-order valence-corrected chi connectivity index (χ1v) is 8.34. The van der Waals surface area contributed by atoms with Crippen molar-refractivity contribution in [3.63, 3.8) is 0 Å². The van der Waals surface area contributed by atoms with Crippen LogP contribution in [0.15, 0.2) is 42.5 Å². The van der Waals surface area contributed by atoms with Crippen molar-refractivity contribution in [2.24, 2.45) is 0 Å². The van der Waals surface area contributed by atoms with E-state index in [1.807, 2.05) is 25.1 Å². The van der Waals surface area contributed by atoms with Crippen LogP contribution in [-0.4, -0.2) is 26.7 Å². The van der Waals surface area contributed by atoms with Gasteiger partial charge in [0, 0.05) is 5.02 Å². The maximum Gasteiger partial charge on any atom is 0.258 e. The molecule has 1 amide bonds. The van der Waals surface area contributed by atoms with E-state index in [-0.39, 0.29) is 18.6 Å². The van der Waals surface area contributed by atoms with E-state index in [0.717, 1.165) is 12.0 Å². The normalized spacial score (nSPS) is 11.5. The minimum absolute atomic E-state index is 0.0641. The average Bonchev–Trinajstić information content (AvgIpc) is 2.65. The van der Waals surface area contributed by atoms with Crippen LogP contribution in [0.1, 0.15) is 24.9 Å². The smallest absolute Gasteiger partial charge is 0.258 e. The summed E-state index contributed by atoms with van der Waals surface area (Å²) in [4.78, 5) is 12.2. The molecule has 0 radical (unpaired) electrons. The number of benzene rings is 2. The fourth-order valence-electron chi connectivity index (χ4n) is 2.41. The third kappa shape index (κ3) is 5.29. The summed E-state index contributed by atoms with van der Waals surface area (Å²) in [7, 11) is 3.17. The summed E-state index contributed by atoms with van der Waals surface area (Å²) in [5.74, 6) is 1.68. The number of amides is 1. The largest absolute Gasteiger partial charge is 0.493 e. The number of halogens is 1. The van der Waals surface area contributed by atoms with Crippen LogP contribution in [0, 0.1) is 0 Å². The standard InChI is InChI=1S/C19H22ClNO4/c1-4-16(13-5-10-17(23-2)18(11-13)24-3)21-19(22)12-25-15-8-6-14(20)7-9-15/h5-11,16H,4,12H2,1-3H3,(H,21,22)/t16-/m1/s1. The highest BCUT2D eigenvalue weighted by atomic mass is 35.5. The fourth-order valence-corrected chi connectivity index (χ4v) is 2.53. The molecule has 0 fully saturated rings. The topological polar surface area (TPSA) is 56.8 Å². The molecule has 1 atom stereocenters. The van der Waals surface area contributed by atoms with Crippen LogP contribution in [0.4, 0.5) is 0 Å². The number of rotatable bonds is 8. The number of nitrogens with one attached hydrogen (secondary N) is 1. The maximum atomic E-state index is 12.2. The molecule has 2 rings (SSSR count). The maximum absolute atomic E-state index is 12.2. The van der Waals surface area contributed by atoms with Gasteiger partial charge in [-0.05, 0) is 48.4 Å². The van der Waals surface area contributed by atoms with Crippen molar-refractivity contribution in [3.05, 3.63) is 53.1 Å². The van der Waals surface area contributed by atoms with E-state index < -0.39 is 0 Å². The van der Waals surface area contributed by atoms with Gasteiger partial charge in [-0.3, -0.25) is 4.79 Å². The Balaban J connectivity index is 1.98. The Hall–Kier alpha value is -2.40. The quantitative estimate of drug-likeness (QED) is 0.770. The first-order chi connectivity index (χ1) is 12.1. The Morgan fingerprint density at radius 2 is 1.76 bits per heavy atom. The minimum atomic E-state index is -0.198. The first-order valence-electron chi connectivity index (χ1n) is 7.97. The van der Waals surface area contributed by atoms with E-state index in [0.29, 0.717) is 22.3 Å². The van der Waals surface area contributed by atoms with E-state index >= 15 is 0 Å². The highest BCUT2D eigenvalue weighted by molar-refractivity contribution is 6.30. The summed E-state index contributed by atoms with van der Waals surface area (Å²) in [5.41, 5.74) is 0.944. The van der Waals surface area contributed by atoms with E-state index in [4.69, 9.17) is 25.8 Å². The molecule has 2 aromatic carbocycles. The van der Waals surface area contributed by atoms with Crippen molar-refractivity contribution in [1.82, 2.24) is 5.32 Å². The van der Waals surface area contributed by atoms with Crippen molar-refractivity contribution in [2.45, 2.75) is 19.4 Å². The summed E-state index contributed by atoms with van der Waals surface area (Å²) in [6, 6.07) is 12.3. The number of carbonyl (C=O) groups is 1. The molecule has 0 aliphatic carbocycles. The lowest BCUT2D eigenvalue weighted by Gasteiger charge is -2.19. The van der Waals surface area contributed by atoms with Crippen molar-refractivity contribution in [1.29, 1.82) is 0 Å². The molecule has 5 nitrogen and oxygen atoms in total. The van der Waals surface area contributed by atoms with Crippen LogP contribution in [-0.2, 0) is 4.79 Å². The Morgan fingerprint density at radius 3 is 2.36 bits per heavy atom. The summed E-state index contributed by atoms with van der Waals surface area (Å²) >= 11 is 5.82. The highest BCUT2D eigenvalue weighted by Gasteiger charge is 2.15. The summed E-state index contributed by atoms with van der Waals surface area (Å²) in [6.45, 7) is 1.94. The van der Waals surface area contributed by atoms with Crippen molar-refractivity contribution >= 4 is 17.5 Å². The van der Waals surface area contributed by atoms with E-state index in [9.17, 15) is 4.79 Å². The second-order valence-corrected chi connectivity index (χ2v) is 5.82. The van der Waals surface area contributed by atoms with Gasteiger partial charge in [-0.15, -0.1) is 0 Å². The van der Waals surface area contributed by atoms with Crippen LogP contribution in [0.3, 0.4) is 0 Å². The zero-order chi connectivity index (χ0) is 18.2. The van der Waals surface area contributed by atoms with Crippen LogP contribution in [0.2, 0.25) is 5.02 Å². The first kappa shape index (κ1) is 18.9. The molecule has 25 heavy (non-hydrogen) atoms. The number of methoxy groups -OCH3 is 2. The number of ether oxygens (including phenoxy) is 3. The molecule has 0 spiro atoms. The molecule has 0 aromatic heterocycles. The molecule has 0 unspecified atom stereocenters. The summed E-state index contributed by atoms with van der Waals surface area (Å²) in [5, 5.41) is 3.59. The second kappa shape index (κ2) is 9.18. The van der Waals surface area contributed by atoms with Gasteiger partial charge in [-0.2, -0.15) is 0 Å². The molecule has 134 valence electrons. The van der Waals surface area contributed by atoms with Gasteiger partial charge in [0.05, 0.1) is 20.3 Å². The Morgan fingerprint density at radius 1 is 1.08 bits per heavy atom. The van der Waals surface area contributed by atoms with Crippen LogP contribution >= 0.6 is 11.6 Å². The van der Waals surface area contributed by atoms with Gasteiger partial charge in [-0.25, -0.2) is 0 Å². The SMILES string of the molecule is CC[C@@H](NC(=O)COc1ccc(Cl)cc1)c1ccc(OC)c(OC)c1. The van der Waals surface area contributed by atoms with Crippen molar-refractivity contribution < 1.29 is 19.0 Å². The third-order valence-corrected chi connectivity index (χ3v) is 3.99. The molecular formula is C19H22ClNO4. The molecule has 6 heteroatoms. The molecule has 0 aliphatic heterocycles. The van der Waals surface area contributed by atoms with Gasteiger partial charge in [0.25, 0.3) is 5.91 Å². The molecule has 0 saturated heterocycles. The van der Waals surface area contributed by atoms with E-state index in [1.165, 1.54) is 0 Å². The average molecular weight is 364 g/mol. The van der Waals surface area contributed by atoms with Gasteiger partial charge in [0.1, 0.15) is 5.75 Å². The summed E-state index contributed by atoms with van der Waals surface area (Å²) in [6.07, 6.45) is 0.738. The predicted molar refractivity (Wildman–Crippen MR) is 97.7 cm³/mol. The lowest BCUT2D eigenvalue weighted by Crippen LogP contribution is -2.32. The number of hydrogen-bond donors (Lipinski definition) is 1. The Labute approximate surface area is 152 Å². The third-order valence-electron chi connectivity index (χ3n) is 3.74. The second-order valence-electron chi connectivity index (χ2n) is 5.39. The zero-order valence-corrected chi connectivity index (χ0v) is 15.3. The predicted octanol–water partition coefficient (Wildman–Crippen LogP) is 4.00. The molecule has 1 N–H and O–H groups in total. The number of carbonyl (C=O) groups excluding carboxylic acids is 1. The molecule has 0 bridgehead atoms. The zero-order valence-electron chi connectivity index (χ0n) is 14.5. The van der Waals surface area contributed by atoms with E-state index in [1.54, 1.807) is 38.5 Å². The fraction of sp³-hybridized carbons (Fsp3) is 0.316. The summed E-state index contributed by atoms with van der Waals surface area (Å²) < 4.78 is 16.0. The molecular weight excluding hydrogens is 342 g/mol. The molecule has 0 aliphatic rings. The Bertz CT molecular complexity index is 703. The van der Waals surface area contributed by atoms with Gasteiger partial charge in [0.15, 0.2) is 18.1 Å². The highest BCUT2D eigenvalue weighted by Crippen LogP contribution is 2.30. The number of hydrogen-bond acceptors (Lipinski definition) is 4. The lowest BCUT2D eigenvalue weighted by molar-refractivity contribution is -0.123. The van der Waals surface area contributed by atoms with Gasteiger partial charge in [0.2, 0.25) is 0 Å².